The van der Waals surface area contributed by atoms with Crippen LogP contribution in [0.1, 0.15) is 54.4 Å². The van der Waals surface area contributed by atoms with Crippen LogP contribution < -0.4 is 0 Å². The summed E-state index contributed by atoms with van der Waals surface area (Å²) < 4.78 is 0. The van der Waals surface area contributed by atoms with Crippen molar-refractivity contribution >= 4 is 11.9 Å². The van der Waals surface area contributed by atoms with Crippen LogP contribution in [0.4, 0.5) is 0 Å². The van der Waals surface area contributed by atoms with Gasteiger partial charge in [0.25, 0.3) is 0 Å². The molecule has 106 valence electrons. The predicted molar refractivity (Wildman–Crippen MR) is 70.4 cm³/mol. The van der Waals surface area contributed by atoms with Crippen LogP contribution in [0.5, 0.6) is 0 Å². The summed E-state index contributed by atoms with van der Waals surface area (Å²) in [5.41, 5.74) is -0.0932. The zero-order valence-corrected chi connectivity index (χ0v) is 12.3. The molecule has 0 aromatic heterocycles. The minimum Gasteiger partial charge on any atom is -0.481 e. The molecule has 0 spiro atoms. The Bertz CT molecular complexity index is 312. The highest BCUT2D eigenvalue weighted by Crippen LogP contribution is 2.39. The van der Waals surface area contributed by atoms with E-state index in [9.17, 15) is 14.7 Å². The van der Waals surface area contributed by atoms with Gasteiger partial charge in [-0.2, -0.15) is 0 Å². The van der Waals surface area contributed by atoms with Gasteiger partial charge in [-0.1, -0.05) is 41.5 Å². The summed E-state index contributed by atoms with van der Waals surface area (Å²) in [6, 6.07) is 0. The Morgan fingerprint density at radius 3 is 1.72 bits per heavy atom. The fourth-order valence-electron chi connectivity index (χ4n) is 2.75. The van der Waals surface area contributed by atoms with E-state index in [1.807, 2.05) is 13.8 Å². The molecule has 0 heterocycles. The monoisotopic (exact) mass is 258 g/mol. The molecule has 2 atom stereocenters. The van der Waals surface area contributed by atoms with Crippen molar-refractivity contribution in [2.75, 3.05) is 0 Å². The largest absolute Gasteiger partial charge is 0.481 e. The summed E-state index contributed by atoms with van der Waals surface area (Å²) in [5, 5.41) is 18.2. The number of carbonyl (C=O) groups is 2. The van der Waals surface area contributed by atoms with Gasteiger partial charge in [-0.3, -0.25) is 9.59 Å². The number of rotatable bonds is 6. The lowest BCUT2D eigenvalue weighted by Gasteiger charge is -2.35. The van der Waals surface area contributed by atoms with Crippen molar-refractivity contribution in [3.05, 3.63) is 0 Å². The molecule has 0 saturated heterocycles. The van der Waals surface area contributed by atoms with E-state index in [-0.39, 0.29) is 10.8 Å². The molecule has 0 radical (unpaired) electrons. The fraction of sp³-hybridized carbons (Fsp3) is 0.857. The van der Waals surface area contributed by atoms with Crippen molar-refractivity contribution in [2.45, 2.75) is 54.4 Å². The molecule has 0 aliphatic carbocycles. The Kier molecular flexibility index (Phi) is 5.38. The summed E-state index contributed by atoms with van der Waals surface area (Å²) >= 11 is 0. The normalized spacial score (nSPS) is 16.1. The summed E-state index contributed by atoms with van der Waals surface area (Å²) in [7, 11) is 0. The van der Waals surface area contributed by atoms with Gasteiger partial charge in [0, 0.05) is 0 Å². The van der Waals surface area contributed by atoms with Crippen LogP contribution in [-0.4, -0.2) is 22.2 Å². The first kappa shape index (κ1) is 16.9. The van der Waals surface area contributed by atoms with Gasteiger partial charge in [0.05, 0.1) is 11.8 Å². The fourth-order valence-corrected chi connectivity index (χ4v) is 2.75. The Hall–Kier alpha value is -1.06. The van der Waals surface area contributed by atoms with Crippen LogP contribution in [0.2, 0.25) is 0 Å². The van der Waals surface area contributed by atoms with E-state index in [4.69, 9.17) is 5.11 Å². The van der Waals surface area contributed by atoms with Crippen molar-refractivity contribution in [3.63, 3.8) is 0 Å². The Balaban J connectivity index is 4.89. The van der Waals surface area contributed by atoms with Crippen molar-refractivity contribution in [3.8, 4) is 0 Å². The second-order valence-electron chi connectivity index (χ2n) is 7.18. The zero-order valence-electron chi connectivity index (χ0n) is 12.3. The van der Waals surface area contributed by atoms with Gasteiger partial charge in [-0.05, 0) is 23.7 Å². The molecule has 0 bridgehead atoms. The summed E-state index contributed by atoms with van der Waals surface area (Å²) in [6.45, 7) is 11.8. The van der Waals surface area contributed by atoms with E-state index < -0.39 is 23.8 Å². The van der Waals surface area contributed by atoms with E-state index in [0.29, 0.717) is 6.42 Å². The number of hydrogen-bond acceptors (Lipinski definition) is 2. The van der Waals surface area contributed by atoms with Gasteiger partial charge >= 0.3 is 11.9 Å². The van der Waals surface area contributed by atoms with Gasteiger partial charge in [0.1, 0.15) is 0 Å². The first-order chi connectivity index (χ1) is 7.86. The van der Waals surface area contributed by atoms with Crippen LogP contribution in [-0.2, 0) is 9.59 Å². The Morgan fingerprint density at radius 1 is 1.00 bits per heavy atom. The van der Waals surface area contributed by atoms with Crippen molar-refractivity contribution in [1.29, 1.82) is 0 Å². The lowest BCUT2D eigenvalue weighted by Crippen LogP contribution is -2.33. The van der Waals surface area contributed by atoms with Crippen molar-refractivity contribution < 1.29 is 19.8 Å². The zero-order chi connectivity index (χ0) is 14.7. The molecule has 0 aliphatic heterocycles. The second kappa shape index (κ2) is 5.72. The van der Waals surface area contributed by atoms with Gasteiger partial charge in [0.15, 0.2) is 0 Å². The molecule has 4 nitrogen and oxygen atoms in total. The third kappa shape index (κ3) is 6.03. The lowest BCUT2D eigenvalue weighted by atomic mass is 9.70. The molecule has 0 aromatic carbocycles. The van der Waals surface area contributed by atoms with Crippen molar-refractivity contribution in [2.24, 2.45) is 22.7 Å². The highest BCUT2D eigenvalue weighted by molar-refractivity contribution is 5.79. The minimum absolute atomic E-state index is 0.0962. The molecular weight excluding hydrogens is 232 g/mol. The number of carboxylic acids is 2. The van der Waals surface area contributed by atoms with Crippen LogP contribution in [0, 0.1) is 22.7 Å². The molecule has 4 heteroatoms. The van der Waals surface area contributed by atoms with Gasteiger partial charge < -0.3 is 10.2 Å². The van der Waals surface area contributed by atoms with Gasteiger partial charge in [0.2, 0.25) is 0 Å². The molecule has 18 heavy (non-hydrogen) atoms. The Labute approximate surface area is 109 Å². The standard InChI is InChI=1S/C14H26O4/c1-9(11(15)16)10(12(17)18)7-14(5,6)8-13(2,3)4/h9-10H,7-8H2,1-6H3,(H,15,16)(H,17,18). The van der Waals surface area contributed by atoms with Crippen LogP contribution >= 0.6 is 0 Å². The van der Waals surface area contributed by atoms with Crippen LogP contribution in [0.3, 0.4) is 0 Å². The average molecular weight is 258 g/mol. The second-order valence-corrected chi connectivity index (χ2v) is 7.18. The molecule has 2 N–H and O–H groups in total. The van der Waals surface area contributed by atoms with E-state index in [1.54, 1.807) is 0 Å². The summed E-state index contributed by atoms with van der Waals surface area (Å²) in [6.07, 6.45) is 1.24. The first-order valence-corrected chi connectivity index (χ1v) is 6.31. The SMILES string of the molecule is CC(C(=O)O)C(CC(C)(C)CC(C)(C)C)C(=O)O. The maximum absolute atomic E-state index is 11.2. The molecule has 0 rings (SSSR count). The van der Waals surface area contributed by atoms with E-state index in [2.05, 4.69) is 20.8 Å². The number of carboxylic acid groups (broad SMARTS) is 2. The number of hydrogen-bond donors (Lipinski definition) is 2. The Morgan fingerprint density at radius 2 is 1.44 bits per heavy atom. The average Bonchev–Trinajstić information content (AvgIpc) is 2.08. The highest BCUT2D eigenvalue weighted by atomic mass is 16.4. The maximum atomic E-state index is 11.2. The maximum Gasteiger partial charge on any atom is 0.307 e. The molecule has 2 unspecified atom stereocenters. The molecule has 0 aromatic rings. The number of aliphatic carboxylic acids is 2. The van der Waals surface area contributed by atoms with E-state index >= 15 is 0 Å². The summed E-state index contributed by atoms with van der Waals surface area (Å²) in [5.74, 6) is -3.76. The lowest BCUT2D eigenvalue weighted by molar-refractivity contribution is -0.154. The third-order valence-corrected chi connectivity index (χ3v) is 3.09. The minimum atomic E-state index is -1.05. The van der Waals surface area contributed by atoms with E-state index in [1.165, 1.54) is 6.92 Å². The third-order valence-electron chi connectivity index (χ3n) is 3.09. The van der Waals surface area contributed by atoms with Gasteiger partial charge in [-0.15, -0.1) is 0 Å². The predicted octanol–water partition coefficient (Wildman–Crippen LogP) is 3.26. The molecule has 0 fully saturated rings. The van der Waals surface area contributed by atoms with Crippen molar-refractivity contribution in [1.82, 2.24) is 0 Å². The van der Waals surface area contributed by atoms with Gasteiger partial charge in [-0.25, -0.2) is 0 Å². The molecule has 0 amide bonds. The molecule has 0 aliphatic rings. The topological polar surface area (TPSA) is 74.6 Å². The van der Waals surface area contributed by atoms with Crippen LogP contribution in [0.15, 0.2) is 0 Å². The van der Waals surface area contributed by atoms with E-state index in [0.717, 1.165) is 6.42 Å². The molecule has 0 saturated carbocycles. The first-order valence-electron chi connectivity index (χ1n) is 6.31. The molecular formula is C14H26O4. The smallest absolute Gasteiger partial charge is 0.307 e. The highest BCUT2D eigenvalue weighted by Gasteiger charge is 2.36. The quantitative estimate of drug-likeness (QED) is 0.766. The van der Waals surface area contributed by atoms with Crippen LogP contribution in [0.25, 0.3) is 0 Å². The summed E-state index contributed by atoms with van der Waals surface area (Å²) in [4.78, 5) is 22.2.